The summed E-state index contributed by atoms with van der Waals surface area (Å²) in [6.45, 7) is 4.32. The number of hydrogen-bond donors (Lipinski definition) is 0. The van der Waals surface area contributed by atoms with Crippen LogP contribution >= 0.6 is 23.1 Å². The van der Waals surface area contributed by atoms with Crippen LogP contribution in [0, 0.1) is 6.92 Å². The fourth-order valence-electron chi connectivity index (χ4n) is 4.72. The molecule has 33 heavy (non-hydrogen) atoms. The highest BCUT2D eigenvalue weighted by atomic mass is 32.2. The van der Waals surface area contributed by atoms with Crippen LogP contribution in [0.5, 0.6) is 0 Å². The van der Waals surface area contributed by atoms with Crippen LogP contribution in [0.15, 0.2) is 58.5 Å². The molecule has 5 heteroatoms. The number of unbranched alkanes of at least 4 members (excludes halogenated alkanes) is 4. The Kier molecular flexibility index (Phi) is 6.70. The third kappa shape index (κ3) is 4.41. The zero-order valence-electron chi connectivity index (χ0n) is 19.4. The molecular formula is C28H30N2OS2. The molecule has 0 spiro atoms. The van der Waals surface area contributed by atoms with Gasteiger partial charge in [0, 0.05) is 10.6 Å². The summed E-state index contributed by atoms with van der Waals surface area (Å²) in [6, 6.07) is 16.8. The molecule has 0 N–H and O–H groups in total. The van der Waals surface area contributed by atoms with Crippen molar-refractivity contribution in [2.45, 2.75) is 63.9 Å². The highest BCUT2D eigenvalue weighted by Gasteiger charge is 2.25. The Morgan fingerprint density at radius 2 is 1.88 bits per heavy atom. The molecule has 2 aromatic heterocycles. The van der Waals surface area contributed by atoms with E-state index in [4.69, 9.17) is 4.98 Å². The lowest BCUT2D eigenvalue weighted by molar-refractivity contribution is 0.659. The summed E-state index contributed by atoms with van der Waals surface area (Å²) in [5, 5.41) is 1.64. The lowest BCUT2D eigenvalue weighted by Gasteiger charge is -2.16. The summed E-state index contributed by atoms with van der Waals surface area (Å²) in [4.78, 5) is 21.2. The molecule has 0 unspecified atom stereocenters. The van der Waals surface area contributed by atoms with Gasteiger partial charge in [0.25, 0.3) is 5.56 Å². The first-order chi connectivity index (χ1) is 16.2. The third-order valence-electron chi connectivity index (χ3n) is 6.44. The van der Waals surface area contributed by atoms with Crippen LogP contribution in [0.2, 0.25) is 0 Å². The van der Waals surface area contributed by atoms with Crippen molar-refractivity contribution in [1.82, 2.24) is 9.55 Å². The average Bonchev–Trinajstić information content (AvgIpc) is 3.20. The lowest BCUT2D eigenvalue weighted by Crippen LogP contribution is -2.22. The number of thiophene rings is 1. The molecule has 170 valence electrons. The van der Waals surface area contributed by atoms with Crippen LogP contribution in [0.25, 0.3) is 26.3 Å². The van der Waals surface area contributed by atoms with Gasteiger partial charge in [0.15, 0.2) is 5.16 Å². The zero-order valence-corrected chi connectivity index (χ0v) is 21.0. The second-order valence-electron chi connectivity index (χ2n) is 8.88. The smallest absolute Gasteiger partial charge is 0.267 e. The number of hydrogen-bond acceptors (Lipinski definition) is 4. The Labute approximate surface area is 203 Å². The molecular weight excluding hydrogens is 444 g/mol. The van der Waals surface area contributed by atoms with E-state index in [2.05, 4.69) is 50.2 Å². The molecule has 2 heterocycles. The number of benzene rings is 2. The Bertz CT molecular complexity index is 1350. The molecule has 5 rings (SSSR count). The highest BCUT2D eigenvalue weighted by molar-refractivity contribution is 7.99. The van der Waals surface area contributed by atoms with Gasteiger partial charge in [0.1, 0.15) is 4.83 Å². The van der Waals surface area contributed by atoms with Crippen molar-refractivity contribution in [2.75, 3.05) is 5.75 Å². The first-order valence-electron chi connectivity index (χ1n) is 12.0. The predicted molar refractivity (Wildman–Crippen MR) is 142 cm³/mol. The fourth-order valence-corrected chi connectivity index (χ4v) is 7.06. The van der Waals surface area contributed by atoms with E-state index >= 15 is 0 Å². The molecule has 4 aromatic rings. The molecule has 0 fully saturated rings. The average molecular weight is 475 g/mol. The number of aryl methyl sites for hydroxylation is 3. The summed E-state index contributed by atoms with van der Waals surface area (Å²) < 4.78 is 1.86. The topological polar surface area (TPSA) is 34.9 Å². The van der Waals surface area contributed by atoms with Crippen molar-refractivity contribution in [3.8, 4) is 16.1 Å². The Hall–Kier alpha value is -2.37. The maximum absolute atomic E-state index is 14.0. The van der Waals surface area contributed by atoms with Gasteiger partial charge < -0.3 is 0 Å². The lowest BCUT2D eigenvalue weighted by atomic mass is 9.90. The normalized spacial score (nSPS) is 12.7. The maximum atomic E-state index is 14.0. The van der Waals surface area contributed by atoms with Crippen molar-refractivity contribution in [2.24, 2.45) is 0 Å². The van der Waals surface area contributed by atoms with Gasteiger partial charge in [0.05, 0.1) is 11.1 Å². The largest absolute Gasteiger partial charge is 0.268 e. The van der Waals surface area contributed by atoms with E-state index < -0.39 is 0 Å². The van der Waals surface area contributed by atoms with Crippen LogP contribution in [0.1, 0.15) is 55.7 Å². The monoisotopic (exact) mass is 474 g/mol. The van der Waals surface area contributed by atoms with E-state index in [1.165, 1.54) is 47.3 Å². The van der Waals surface area contributed by atoms with E-state index in [-0.39, 0.29) is 5.56 Å². The number of nitrogens with zero attached hydrogens (tertiary/aromatic N) is 2. The highest BCUT2D eigenvalue weighted by Crippen LogP contribution is 2.42. The van der Waals surface area contributed by atoms with Crippen LogP contribution in [0.4, 0.5) is 0 Å². The van der Waals surface area contributed by atoms with Gasteiger partial charge in [-0.15, -0.1) is 11.3 Å². The van der Waals surface area contributed by atoms with E-state index in [1.54, 1.807) is 23.1 Å². The number of thioether (sulfide) groups is 1. The van der Waals surface area contributed by atoms with Gasteiger partial charge in [-0.3, -0.25) is 9.36 Å². The molecule has 0 amide bonds. The van der Waals surface area contributed by atoms with E-state index in [9.17, 15) is 4.79 Å². The number of fused-ring (bicyclic) bond motifs is 5. The van der Waals surface area contributed by atoms with Gasteiger partial charge in [-0.25, -0.2) is 4.98 Å². The maximum Gasteiger partial charge on any atom is 0.267 e. The summed E-state index contributed by atoms with van der Waals surface area (Å²) in [6.07, 6.45) is 8.11. The second-order valence-corrected chi connectivity index (χ2v) is 10.9. The van der Waals surface area contributed by atoms with Gasteiger partial charge in [0.2, 0.25) is 0 Å². The Morgan fingerprint density at radius 1 is 1.03 bits per heavy atom. The second kappa shape index (κ2) is 9.86. The minimum Gasteiger partial charge on any atom is -0.268 e. The standard InChI is InChI=1S/C28H30N2OS2/c1-3-4-5-6-9-17-32-28-29-26-24(27(31)30(28)21-13-10-11-19(2)18-21)23-16-15-20-12-7-8-14-22(20)25(23)33-26/h7-8,10-14,18H,3-6,9,15-17H2,1-2H3. The molecule has 0 saturated heterocycles. The molecule has 2 aromatic carbocycles. The van der Waals surface area contributed by atoms with Crippen LogP contribution < -0.4 is 5.56 Å². The van der Waals surface area contributed by atoms with Crippen LogP contribution in [-0.4, -0.2) is 15.3 Å². The van der Waals surface area contributed by atoms with Crippen LogP contribution in [0.3, 0.4) is 0 Å². The molecule has 1 aliphatic carbocycles. The molecule has 1 aliphatic rings. The van der Waals surface area contributed by atoms with Crippen LogP contribution in [-0.2, 0) is 12.8 Å². The molecule has 0 radical (unpaired) electrons. The first kappa shape index (κ1) is 22.4. The first-order valence-corrected chi connectivity index (χ1v) is 13.8. The SMILES string of the molecule is CCCCCCCSc1nc2sc3c(c2c(=O)n1-c1cccc(C)c1)CCc1ccccc1-3. The summed E-state index contributed by atoms with van der Waals surface area (Å²) >= 11 is 3.42. The van der Waals surface area contributed by atoms with Crippen molar-refractivity contribution >= 4 is 33.3 Å². The van der Waals surface area contributed by atoms with Crippen molar-refractivity contribution in [1.29, 1.82) is 0 Å². The minimum atomic E-state index is 0.0796. The summed E-state index contributed by atoms with van der Waals surface area (Å²) in [5.41, 5.74) is 5.97. The third-order valence-corrected chi connectivity index (χ3v) is 8.62. The predicted octanol–water partition coefficient (Wildman–Crippen LogP) is 7.58. The molecule has 0 atom stereocenters. The zero-order chi connectivity index (χ0) is 22.8. The Balaban J connectivity index is 1.61. The number of rotatable bonds is 8. The van der Waals surface area contributed by atoms with Crippen molar-refractivity contribution in [3.63, 3.8) is 0 Å². The van der Waals surface area contributed by atoms with E-state index in [0.717, 1.165) is 51.6 Å². The van der Waals surface area contributed by atoms with Crippen molar-refractivity contribution in [3.05, 3.63) is 75.6 Å². The van der Waals surface area contributed by atoms with Gasteiger partial charge in [-0.05, 0) is 60.6 Å². The van der Waals surface area contributed by atoms with Gasteiger partial charge >= 0.3 is 0 Å². The quantitative estimate of drug-likeness (QED) is 0.150. The van der Waals surface area contributed by atoms with E-state index in [1.807, 2.05) is 16.7 Å². The van der Waals surface area contributed by atoms with Crippen molar-refractivity contribution < 1.29 is 0 Å². The molecule has 0 aliphatic heterocycles. The van der Waals surface area contributed by atoms with Gasteiger partial charge in [-0.1, -0.05) is 80.8 Å². The fraction of sp³-hybridized carbons (Fsp3) is 0.357. The summed E-state index contributed by atoms with van der Waals surface area (Å²) in [5.74, 6) is 0.987. The van der Waals surface area contributed by atoms with E-state index in [0.29, 0.717) is 0 Å². The number of aromatic nitrogens is 2. The Morgan fingerprint density at radius 3 is 2.73 bits per heavy atom. The molecule has 0 bridgehead atoms. The molecule has 0 saturated carbocycles. The summed E-state index contributed by atoms with van der Waals surface area (Å²) in [7, 11) is 0. The molecule has 3 nitrogen and oxygen atoms in total. The van der Waals surface area contributed by atoms with Gasteiger partial charge in [-0.2, -0.15) is 0 Å². The minimum absolute atomic E-state index is 0.0796.